The Morgan fingerprint density at radius 2 is 2.10 bits per heavy atom. The third-order valence-corrected chi connectivity index (χ3v) is 3.45. The van der Waals surface area contributed by atoms with Crippen molar-refractivity contribution >= 4 is 29.3 Å². The fraction of sp³-hybridized carbons (Fsp3) is 0.429. The zero-order valence-corrected chi connectivity index (χ0v) is 12.4. The van der Waals surface area contributed by atoms with E-state index in [0.29, 0.717) is 36.6 Å². The van der Waals surface area contributed by atoms with E-state index in [1.807, 2.05) is 25.1 Å². The summed E-state index contributed by atoms with van der Waals surface area (Å²) in [6.45, 7) is 2.45. The highest BCUT2D eigenvalue weighted by molar-refractivity contribution is 7.99. The number of anilines is 1. The van der Waals surface area contributed by atoms with Crippen molar-refractivity contribution in [2.75, 3.05) is 23.4 Å². The lowest BCUT2D eigenvalue weighted by Gasteiger charge is -2.11. The van der Waals surface area contributed by atoms with Gasteiger partial charge in [0.25, 0.3) is 0 Å². The maximum absolute atomic E-state index is 11.8. The number of primary amides is 1. The molecule has 110 valence electrons. The van der Waals surface area contributed by atoms with Crippen LogP contribution in [0.5, 0.6) is 5.75 Å². The molecule has 1 rings (SSSR count). The van der Waals surface area contributed by atoms with E-state index in [0.717, 1.165) is 5.75 Å². The largest absolute Gasteiger partial charge is 0.492 e. The van der Waals surface area contributed by atoms with Crippen molar-refractivity contribution in [3.63, 3.8) is 0 Å². The molecule has 0 bridgehead atoms. The van der Waals surface area contributed by atoms with Gasteiger partial charge in [0, 0.05) is 6.42 Å². The second-order valence-corrected chi connectivity index (χ2v) is 5.20. The smallest absolute Gasteiger partial charge is 0.234 e. The molecule has 0 atom stereocenters. The summed E-state index contributed by atoms with van der Waals surface area (Å²) < 4.78 is 5.43. The number of amides is 2. The van der Waals surface area contributed by atoms with Crippen LogP contribution in [0, 0.1) is 0 Å². The molecule has 20 heavy (non-hydrogen) atoms. The predicted molar refractivity (Wildman–Crippen MR) is 82.0 cm³/mol. The maximum atomic E-state index is 11.8. The van der Waals surface area contributed by atoms with Crippen LogP contribution in [0.15, 0.2) is 24.3 Å². The molecule has 0 heterocycles. The van der Waals surface area contributed by atoms with Gasteiger partial charge in [0.15, 0.2) is 0 Å². The van der Waals surface area contributed by atoms with Gasteiger partial charge in [-0.1, -0.05) is 12.1 Å². The quantitative estimate of drug-likeness (QED) is 0.683. The van der Waals surface area contributed by atoms with Gasteiger partial charge in [0.05, 0.1) is 18.0 Å². The number of hydrogen-bond acceptors (Lipinski definition) is 4. The molecule has 1 aromatic rings. The number of benzene rings is 1. The van der Waals surface area contributed by atoms with Crippen molar-refractivity contribution in [3.05, 3.63) is 24.3 Å². The number of nitrogens with one attached hydrogen (secondary N) is 1. The van der Waals surface area contributed by atoms with E-state index < -0.39 is 0 Å². The van der Waals surface area contributed by atoms with Gasteiger partial charge < -0.3 is 15.8 Å². The van der Waals surface area contributed by atoms with Crippen molar-refractivity contribution in [1.29, 1.82) is 0 Å². The average Bonchev–Trinajstić information content (AvgIpc) is 2.40. The van der Waals surface area contributed by atoms with Gasteiger partial charge in [-0.3, -0.25) is 9.59 Å². The molecule has 0 aromatic heterocycles. The summed E-state index contributed by atoms with van der Waals surface area (Å²) >= 11 is 1.48. The second kappa shape index (κ2) is 9.25. The van der Waals surface area contributed by atoms with Crippen LogP contribution in [-0.4, -0.2) is 29.9 Å². The summed E-state index contributed by atoms with van der Waals surface area (Å²) in [5.41, 5.74) is 5.72. The number of nitrogens with two attached hydrogens (primary N) is 1. The van der Waals surface area contributed by atoms with E-state index in [4.69, 9.17) is 10.5 Å². The minimum atomic E-state index is -0.305. The van der Waals surface area contributed by atoms with Crippen LogP contribution in [0.3, 0.4) is 0 Å². The summed E-state index contributed by atoms with van der Waals surface area (Å²) in [5.74, 6) is 1.37. The normalized spacial score (nSPS) is 10.1. The van der Waals surface area contributed by atoms with Crippen molar-refractivity contribution in [2.24, 2.45) is 5.73 Å². The molecular formula is C14H20N2O3S. The monoisotopic (exact) mass is 296 g/mol. The molecule has 1 aromatic carbocycles. The number of para-hydroxylation sites is 2. The van der Waals surface area contributed by atoms with Gasteiger partial charge in [-0.25, -0.2) is 0 Å². The lowest BCUT2D eigenvalue weighted by molar-refractivity contribution is -0.118. The third-order valence-electron chi connectivity index (χ3n) is 2.41. The fourth-order valence-corrected chi connectivity index (χ4v) is 2.30. The van der Waals surface area contributed by atoms with Crippen molar-refractivity contribution in [2.45, 2.75) is 19.8 Å². The Morgan fingerprint density at radius 3 is 2.80 bits per heavy atom. The first-order valence-corrected chi connectivity index (χ1v) is 7.66. The van der Waals surface area contributed by atoms with Crippen LogP contribution < -0.4 is 15.8 Å². The minimum Gasteiger partial charge on any atom is -0.492 e. The second-order valence-electron chi connectivity index (χ2n) is 4.10. The Balaban J connectivity index is 2.33. The highest BCUT2D eigenvalue weighted by atomic mass is 32.2. The molecule has 0 spiro atoms. The van der Waals surface area contributed by atoms with Gasteiger partial charge >= 0.3 is 0 Å². The average molecular weight is 296 g/mol. The van der Waals surface area contributed by atoms with Crippen molar-refractivity contribution < 1.29 is 14.3 Å². The number of carbonyl (C=O) groups is 2. The van der Waals surface area contributed by atoms with Gasteiger partial charge in [0.1, 0.15) is 5.75 Å². The maximum Gasteiger partial charge on any atom is 0.234 e. The Bertz CT molecular complexity index is 452. The van der Waals surface area contributed by atoms with E-state index in [1.165, 1.54) is 11.8 Å². The standard InChI is InChI=1S/C14H20N2O3S/c1-2-19-12-7-4-3-6-11(12)16-14(18)10-20-9-5-8-13(15)17/h3-4,6-7H,2,5,8-10H2,1H3,(H2,15,17)(H,16,18). The first-order valence-electron chi connectivity index (χ1n) is 6.51. The van der Waals surface area contributed by atoms with Crippen molar-refractivity contribution in [3.8, 4) is 5.75 Å². The molecule has 2 amide bonds. The first kappa shape index (κ1) is 16.4. The summed E-state index contributed by atoms with van der Waals surface area (Å²) in [6, 6.07) is 7.33. The SMILES string of the molecule is CCOc1ccccc1NC(=O)CSCCCC(N)=O. The summed E-state index contributed by atoms with van der Waals surface area (Å²) in [4.78, 5) is 22.3. The van der Waals surface area contributed by atoms with Crippen LogP contribution >= 0.6 is 11.8 Å². The topological polar surface area (TPSA) is 81.4 Å². The molecule has 0 unspecified atom stereocenters. The van der Waals surface area contributed by atoms with Crippen LogP contribution in [0.25, 0.3) is 0 Å². The molecule has 0 fully saturated rings. The van der Waals surface area contributed by atoms with E-state index in [-0.39, 0.29) is 11.8 Å². The summed E-state index contributed by atoms with van der Waals surface area (Å²) in [6.07, 6.45) is 1.06. The highest BCUT2D eigenvalue weighted by Gasteiger charge is 2.07. The number of ether oxygens (including phenoxy) is 1. The van der Waals surface area contributed by atoms with Crippen molar-refractivity contribution in [1.82, 2.24) is 0 Å². The van der Waals surface area contributed by atoms with Crippen LogP contribution in [-0.2, 0) is 9.59 Å². The zero-order chi connectivity index (χ0) is 14.8. The Labute approximate surface area is 123 Å². The molecule has 0 aliphatic rings. The summed E-state index contributed by atoms with van der Waals surface area (Å²) in [5, 5.41) is 2.82. The number of thioether (sulfide) groups is 1. The van der Waals surface area contributed by atoms with E-state index in [1.54, 1.807) is 6.07 Å². The Morgan fingerprint density at radius 1 is 1.35 bits per heavy atom. The number of carbonyl (C=O) groups excluding carboxylic acids is 2. The molecule has 3 N–H and O–H groups in total. The molecule has 0 saturated carbocycles. The molecule has 0 saturated heterocycles. The van der Waals surface area contributed by atoms with E-state index >= 15 is 0 Å². The molecule has 0 radical (unpaired) electrons. The molecule has 5 nitrogen and oxygen atoms in total. The van der Waals surface area contributed by atoms with E-state index in [2.05, 4.69) is 5.32 Å². The molecular weight excluding hydrogens is 276 g/mol. The zero-order valence-electron chi connectivity index (χ0n) is 11.6. The fourth-order valence-electron chi connectivity index (χ4n) is 1.55. The van der Waals surface area contributed by atoms with Crippen LogP contribution in [0.1, 0.15) is 19.8 Å². The lowest BCUT2D eigenvalue weighted by atomic mass is 10.3. The van der Waals surface area contributed by atoms with Gasteiger partial charge in [-0.15, -0.1) is 0 Å². The van der Waals surface area contributed by atoms with Gasteiger partial charge in [0.2, 0.25) is 11.8 Å². The number of hydrogen-bond donors (Lipinski definition) is 2. The van der Waals surface area contributed by atoms with E-state index in [9.17, 15) is 9.59 Å². The van der Waals surface area contributed by atoms with Crippen LogP contribution in [0.4, 0.5) is 5.69 Å². The first-order chi connectivity index (χ1) is 9.63. The third kappa shape index (κ3) is 6.47. The summed E-state index contributed by atoms with van der Waals surface area (Å²) in [7, 11) is 0. The minimum absolute atomic E-state index is 0.0822. The van der Waals surface area contributed by atoms with Gasteiger partial charge in [-0.05, 0) is 31.2 Å². The number of rotatable bonds is 9. The Hall–Kier alpha value is -1.69. The highest BCUT2D eigenvalue weighted by Crippen LogP contribution is 2.23. The van der Waals surface area contributed by atoms with Gasteiger partial charge in [-0.2, -0.15) is 11.8 Å². The van der Waals surface area contributed by atoms with Crippen LogP contribution in [0.2, 0.25) is 0 Å². The molecule has 0 aliphatic heterocycles. The Kier molecular flexibility index (Phi) is 7.57. The molecule has 6 heteroatoms. The predicted octanol–water partition coefficient (Wildman–Crippen LogP) is 2.02. The lowest BCUT2D eigenvalue weighted by Crippen LogP contribution is -2.15. The molecule has 0 aliphatic carbocycles.